The van der Waals surface area contributed by atoms with Crippen molar-refractivity contribution in [2.24, 2.45) is 13.0 Å². The van der Waals surface area contributed by atoms with Crippen LogP contribution in [0.4, 0.5) is 0 Å². The minimum atomic E-state index is 0.847. The van der Waals surface area contributed by atoms with Crippen LogP contribution in [0, 0.1) is 19.8 Å². The summed E-state index contributed by atoms with van der Waals surface area (Å²) < 4.78 is 4.71. The van der Waals surface area contributed by atoms with Gasteiger partial charge in [0.15, 0.2) is 5.52 Å². The first-order valence-corrected chi connectivity index (χ1v) is 12.0. The van der Waals surface area contributed by atoms with Gasteiger partial charge in [-0.1, -0.05) is 49.9 Å². The number of nitrogens with zero attached hydrogens (tertiary/aromatic N) is 3. The van der Waals surface area contributed by atoms with Gasteiger partial charge in [-0.05, 0) is 71.4 Å². The van der Waals surface area contributed by atoms with Crippen LogP contribution in [0.3, 0.4) is 0 Å². The molecule has 0 unspecified atom stereocenters. The van der Waals surface area contributed by atoms with Crippen LogP contribution < -0.4 is 4.57 Å². The van der Waals surface area contributed by atoms with E-state index in [9.17, 15) is 0 Å². The summed E-state index contributed by atoms with van der Waals surface area (Å²) in [6.45, 7) is 4.50. The van der Waals surface area contributed by atoms with Crippen LogP contribution >= 0.6 is 0 Å². The largest absolute Gasteiger partial charge is 0.302 e. The number of rotatable bonds is 2. The van der Waals surface area contributed by atoms with Gasteiger partial charge in [-0.15, -0.1) is 0 Å². The lowest BCUT2D eigenvalue weighted by molar-refractivity contribution is -0.647. The highest BCUT2D eigenvalue weighted by atomic mass is 15.0. The molecule has 158 valence electrons. The van der Waals surface area contributed by atoms with Crippen LogP contribution in [0.25, 0.3) is 49.1 Å². The highest BCUT2D eigenvalue weighted by molar-refractivity contribution is 6.25. The molecule has 3 nitrogen and oxygen atoms in total. The summed E-state index contributed by atoms with van der Waals surface area (Å²) in [5.41, 5.74) is 10.4. The van der Waals surface area contributed by atoms with Gasteiger partial charge in [0.1, 0.15) is 5.52 Å². The summed E-state index contributed by atoms with van der Waals surface area (Å²) in [5.74, 6) is 0.847. The van der Waals surface area contributed by atoms with Gasteiger partial charge in [0.2, 0.25) is 5.52 Å². The molecule has 0 N–H and O–H groups in total. The minimum absolute atomic E-state index is 0.847. The van der Waals surface area contributed by atoms with E-state index < -0.39 is 0 Å². The predicted octanol–water partition coefficient (Wildman–Crippen LogP) is 6.56. The molecule has 3 aromatic heterocycles. The van der Waals surface area contributed by atoms with Gasteiger partial charge in [0.25, 0.3) is 6.33 Å². The number of hydrogen-bond donors (Lipinski definition) is 0. The van der Waals surface area contributed by atoms with Crippen molar-refractivity contribution in [3.63, 3.8) is 0 Å². The summed E-state index contributed by atoms with van der Waals surface area (Å²) in [5, 5.41) is 5.31. The fraction of sp³-hybridized carbons (Fsp3) is 0.310. The highest BCUT2D eigenvalue weighted by Crippen LogP contribution is 2.40. The third-order valence-electron chi connectivity index (χ3n) is 8.08. The zero-order valence-electron chi connectivity index (χ0n) is 19.1. The number of aromatic nitrogens is 3. The first-order valence-electron chi connectivity index (χ1n) is 12.0. The molecule has 0 aliphatic heterocycles. The molecule has 3 heterocycles. The second-order valence-corrected chi connectivity index (χ2v) is 10.0. The predicted molar refractivity (Wildman–Crippen MR) is 133 cm³/mol. The number of fused-ring (bicyclic) bond motifs is 5. The van der Waals surface area contributed by atoms with E-state index in [1.165, 1.54) is 92.4 Å². The number of hydrogen-bond acceptors (Lipinski definition) is 1. The summed E-state index contributed by atoms with van der Waals surface area (Å²) in [7, 11) is 2.14. The molecule has 0 radical (unpaired) electrons. The normalized spacial score (nSPS) is 15.5. The molecule has 1 aliphatic rings. The standard InChI is InChI=1S/C29H28N3/c1-17-13-21-9-6-10-23-26(21)25(18(17)2)28-29-27(30-16-31(28)3)22-12-11-20(15-24(22)32(23)29)14-19-7-4-5-8-19/h6,9-13,15-16,19H,4-5,7-8,14H2,1-3H3/q+1. The Morgan fingerprint density at radius 1 is 1.00 bits per heavy atom. The lowest BCUT2D eigenvalue weighted by Gasteiger charge is -2.15. The van der Waals surface area contributed by atoms with Crippen LogP contribution in [-0.2, 0) is 13.5 Å². The molecule has 32 heavy (non-hydrogen) atoms. The SMILES string of the molecule is Cc1cc2cccc3c2c(c1C)c1c2c(nc[n+]1C)c1ccc(CC4CCCC4)cc1n32. The van der Waals surface area contributed by atoms with Gasteiger partial charge in [-0.2, -0.15) is 0 Å². The van der Waals surface area contributed by atoms with Crippen LogP contribution in [0.2, 0.25) is 0 Å². The minimum Gasteiger partial charge on any atom is -0.302 e. The highest BCUT2D eigenvalue weighted by Gasteiger charge is 2.26. The Labute approximate surface area is 187 Å². The smallest absolute Gasteiger partial charge is 0.287 e. The Morgan fingerprint density at radius 3 is 2.69 bits per heavy atom. The summed E-state index contributed by atoms with van der Waals surface area (Å²) in [6, 6.07) is 16.2. The molecule has 3 aromatic carbocycles. The fourth-order valence-electron chi connectivity index (χ4n) is 6.41. The molecule has 0 spiro atoms. The molecular weight excluding hydrogens is 390 g/mol. The van der Waals surface area contributed by atoms with Gasteiger partial charge in [-0.3, -0.25) is 0 Å². The summed E-state index contributed by atoms with van der Waals surface area (Å²) >= 11 is 0. The molecular formula is C29H28N3+. The van der Waals surface area contributed by atoms with Gasteiger partial charge in [0, 0.05) is 10.8 Å². The maximum Gasteiger partial charge on any atom is 0.287 e. The van der Waals surface area contributed by atoms with Gasteiger partial charge >= 0.3 is 0 Å². The molecule has 6 aromatic rings. The molecule has 7 rings (SSSR count). The van der Waals surface area contributed by atoms with Crippen molar-refractivity contribution in [1.29, 1.82) is 0 Å². The fourth-order valence-corrected chi connectivity index (χ4v) is 6.41. The van der Waals surface area contributed by atoms with Crippen LogP contribution in [-0.4, -0.2) is 9.38 Å². The van der Waals surface area contributed by atoms with E-state index in [1.807, 2.05) is 6.33 Å². The Hall–Kier alpha value is -3.20. The Morgan fingerprint density at radius 2 is 1.84 bits per heavy atom. The van der Waals surface area contributed by atoms with E-state index in [-0.39, 0.29) is 0 Å². The number of benzene rings is 3. The molecule has 0 amide bonds. The average Bonchev–Trinajstić information content (AvgIpc) is 3.41. The third kappa shape index (κ3) is 2.31. The van der Waals surface area contributed by atoms with E-state index in [1.54, 1.807) is 0 Å². The average molecular weight is 419 g/mol. The van der Waals surface area contributed by atoms with Crippen molar-refractivity contribution < 1.29 is 4.57 Å². The lowest BCUT2D eigenvalue weighted by Crippen LogP contribution is -2.30. The first kappa shape index (κ1) is 18.4. The van der Waals surface area contributed by atoms with Gasteiger partial charge in [0.05, 0.1) is 23.5 Å². The van der Waals surface area contributed by atoms with Crippen molar-refractivity contribution in [1.82, 2.24) is 9.38 Å². The number of pyridine rings is 1. The quantitative estimate of drug-likeness (QED) is 0.177. The topological polar surface area (TPSA) is 21.2 Å². The molecule has 0 saturated heterocycles. The maximum absolute atomic E-state index is 4.94. The van der Waals surface area contributed by atoms with E-state index in [2.05, 4.69) is 72.3 Å². The van der Waals surface area contributed by atoms with Gasteiger partial charge in [-0.25, -0.2) is 4.57 Å². The van der Waals surface area contributed by atoms with Crippen LogP contribution in [0.5, 0.6) is 0 Å². The zero-order valence-corrected chi connectivity index (χ0v) is 19.1. The summed E-state index contributed by atoms with van der Waals surface area (Å²) in [4.78, 5) is 4.94. The van der Waals surface area contributed by atoms with E-state index in [0.717, 1.165) is 11.4 Å². The molecule has 0 bridgehead atoms. The Bertz CT molecular complexity index is 1680. The molecule has 0 atom stereocenters. The second-order valence-electron chi connectivity index (χ2n) is 10.0. The van der Waals surface area contributed by atoms with Crippen LogP contribution in [0.1, 0.15) is 42.4 Å². The maximum atomic E-state index is 4.94. The first-order chi connectivity index (χ1) is 15.6. The Kier molecular flexibility index (Phi) is 3.68. The monoisotopic (exact) mass is 418 g/mol. The summed E-state index contributed by atoms with van der Waals surface area (Å²) in [6.07, 6.45) is 8.75. The molecule has 1 aliphatic carbocycles. The Balaban J connectivity index is 1.70. The lowest BCUT2D eigenvalue weighted by atomic mass is 9.95. The number of aryl methyl sites for hydroxylation is 3. The molecule has 1 fully saturated rings. The second kappa shape index (κ2) is 6.41. The van der Waals surface area contributed by atoms with E-state index in [4.69, 9.17) is 4.98 Å². The zero-order chi connectivity index (χ0) is 21.6. The van der Waals surface area contributed by atoms with Crippen LogP contribution in [0.15, 0.2) is 48.8 Å². The van der Waals surface area contributed by atoms with E-state index >= 15 is 0 Å². The van der Waals surface area contributed by atoms with E-state index in [0.29, 0.717) is 0 Å². The molecule has 1 saturated carbocycles. The van der Waals surface area contributed by atoms with Crippen molar-refractivity contribution in [3.05, 3.63) is 65.5 Å². The van der Waals surface area contributed by atoms with Gasteiger partial charge < -0.3 is 4.40 Å². The molecule has 3 heteroatoms. The van der Waals surface area contributed by atoms with Crippen molar-refractivity contribution in [3.8, 4) is 0 Å². The van der Waals surface area contributed by atoms with Crippen molar-refractivity contribution in [2.45, 2.75) is 46.0 Å². The van der Waals surface area contributed by atoms with Crippen molar-refractivity contribution >= 4 is 49.1 Å². The third-order valence-corrected chi connectivity index (χ3v) is 8.08. The van der Waals surface area contributed by atoms with Crippen molar-refractivity contribution in [2.75, 3.05) is 0 Å².